The van der Waals surface area contributed by atoms with Gasteiger partial charge in [-0.3, -0.25) is 9.59 Å². The summed E-state index contributed by atoms with van der Waals surface area (Å²) in [6, 6.07) is 12.0. The maximum atomic E-state index is 12.6. The quantitative estimate of drug-likeness (QED) is 0.520. The van der Waals surface area contributed by atoms with E-state index in [4.69, 9.17) is 9.15 Å². The van der Waals surface area contributed by atoms with Crippen LogP contribution in [0.1, 0.15) is 37.2 Å². The van der Waals surface area contributed by atoms with Crippen molar-refractivity contribution in [1.29, 1.82) is 0 Å². The first kappa shape index (κ1) is 19.1. The van der Waals surface area contributed by atoms with Crippen molar-refractivity contribution in [3.05, 3.63) is 71.2 Å². The van der Waals surface area contributed by atoms with E-state index in [1.54, 1.807) is 6.26 Å². The molecule has 2 aliphatic rings. The predicted molar refractivity (Wildman–Crippen MR) is 109 cm³/mol. The number of esters is 1. The second kappa shape index (κ2) is 7.63. The lowest BCUT2D eigenvalue weighted by Crippen LogP contribution is -2.10. The lowest BCUT2D eigenvalue weighted by molar-refractivity contribution is -0.147. The maximum absolute atomic E-state index is 12.6. The van der Waals surface area contributed by atoms with E-state index in [1.807, 2.05) is 30.3 Å². The van der Waals surface area contributed by atoms with E-state index >= 15 is 0 Å². The fourth-order valence-corrected chi connectivity index (χ4v) is 4.75. The van der Waals surface area contributed by atoms with Crippen LogP contribution in [-0.4, -0.2) is 16.8 Å². The molecule has 1 aromatic heterocycles. The standard InChI is InChI=1S/C23H24O4S/c1-23(2)19(12-17-8-9-28-22(17)25)20(23)21(24)27-14-16-11-18(26-13-16)10-15-6-4-3-5-7-15/h3-7,11-13,19-20H,8-10,14H2,1-2H3/b17-12-/t19-,20-/m0/s1. The zero-order valence-corrected chi connectivity index (χ0v) is 17.0. The minimum atomic E-state index is -0.198. The molecule has 0 bridgehead atoms. The molecule has 1 saturated carbocycles. The molecule has 28 heavy (non-hydrogen) atoms. The fourth-order valence-electron chi connectivity index (χ4n) is 3.89. The summed E-state index contributed by atoms with van der Waals surface area (Å²) in [6.45, 7) is 4.33. The Morgan fingerprint density at radius 2 is 2.07 bits per heavy atom. The second-order valence-corrected chi connectivity index (χ2v) is 9.16. The number of benzene rings is 1. The average Bonchev–Trinajstić information content (AvgIpc) is 3.03. The van der Waals surface area contributed by atoms with Crippen LogP contribution in [0.5, 0.6) is 0 Å². The van der Waals surface area contributed by atoms with Gasteiger partial charge in [0.15, 0.2) is 0 Å². The van der Waals surface area contributed by atoms with E-state index in [9.17, 15) is 9.59 Å². The van der Waals surface area contributed by atoms with E-state index < -0.39 is 0 Å². The normalized spacial score (nSPS) is 24.5. The first-order chi connectivity index (χ1) is 13.4. The van der Waals surface area contributed by atoms with Gasteiger partial charge in [0.2, 0.25) is 5.12 Å². The number of allylic oxidation sites excluding steroid dienone is 1. The molecule has 0 radical (unpaired) electrons. The number of hydrogen-bond acceptors (Lipinski definition) is 5. The van der Waals surface area contributed by atoms with Crippen molar-refractivity contribution in [2.45, 2.75) is 33.3 Å². The monoisotopic (exact) mass is 396 g/mol. The lowest BCUT2D eigenvalue weighted by Gasteiger charge is -2.03. The highest BCUT2D eigenvalue weighted by atomic mass is 32.2. The highest BCUT2D eigenvalue weighted by Gasteiger charge is 2.61. The molecule has 146 valence electrons. The molecule has 0 amide bonds. The average molecular weight is 397 g/mol. The number of carbonyl (C=O) groups excluding carboxylic acids is 2. The Labute approximate surface area is 169 Å². The van der Waals surface area contributed by atoms with Gasteiger partial charge >= 0.3 is 5.97 Å². The van der Waals surface area contributed by atoms with E-state index in [0.717, 1.165) is 29.1 Å². The zero-order valence-electron chi connectivity index (χ0n) is 16.1. The van der Waals surface area contributed by atoms with Crippen LogP contribution in [0, 0.1) is 17.3 Å². The molecule has 2 atom stereocenters. The van der Waals surface area contributed by atoms with Gasteiger partial charge in [-0.1, -0.05) is 62.0 Å². The van der Waals surface area contributed by atoms with Crippen molar-refractivity contribution >= 4 is 22.8 Å². The number of hydrogen-bond donors (Lipinski definition) is 0. The van der Waals surface area contributed by atoms with Crippen LogP contribution >= 0.6 is 11.8 Å². The molecule has 0 spiro atoms. The number of ether oxygens (including phenoxy) is 1. The Bertz CT molecular complexity index is 910. The molecule has 1 saturated heterocycles. The summed E-state index contributed by atoms with van der Waals surface area (Å²) in [7, 11) is 0. The smallest absolute Gasteiger partial charge is 0.310 e. The van der Waals surface area contributed by atoms with Crippen LogP contribution in [0.3, 0.4) is 0 Å². The summed E-state index contributed by atoms with van der Waals surface area (Å²) in [5.74, 6) is 1.39. The highest BCUT2D eigenvalue weighted by Crippen LogP contribution is 2.60. The summed E-state index contributed by atoms with van der Waals surface area (Å²) >= 11 is 1.36. The van der Waals surface area contributed by atoms with E-state index in [2.05, 4.69) is 26.0 Å². The molecule has 2 fully saturated rings. The van der Waals surface area contributed by atoms with Crippen LogP contribution in [0.25, 0.3) is 0 Å². The zero-order chi connectivity index (χ0) is 19.7. The molecule has 0 N–H and O–H groups in total. The third kappa shape index (κ3) is 3.95. The molecular weight excluding hydrogens is 372 g/mol. The molecule has 1 aromatic carbocycles. The summed E-state index contributed by atoms with van der Waals surface area (Å²) in [5, 5.41) is 0.152. The third-order valence-electron chi connectivity index (χ3n) is 5.72. The number of furan rings is 1. The summed E-state index contributed by atoms with van der Waals surface area (Å²) in [6.07, 6.45) is 5.17. The van der Waals surface area contributed by atoms with Crippen molar-refractivity contribution in [3.63, 3.8) is 0 Å². The molecule has 4 nitrogen and oxygen atoms in total. The summed E-state index contributed by atoms with van der Waals surface area (Å²) in [4.78, 5) is 24.4. The van der Waals surface area contributed by atoms with Gasteiger partial charge in [0.25, 0.3) is 0 Å². The first-order valence-electron chi connectivity index (χ1n) is 9.60. The molecule has 2 heterocycles. The van der Waals surface area contributed by atoms with Crippen LogP contribution in [0.2, 0.25) is 0 Å². The van der Waals surface area contributed by atoms with E-state index in [0.29, 0.717) is 6.42 Å². The molecule has 1 aliphatic heterocycles. The Morgan fingerprint density at radius 3 is 2.79 bits per heavy atom. The Hall–Kier alpha value is -2.27. The Morgan fingerprint density at radius 1 is 1.29 bits per heavy atom. The Kier molecular flexibility index (Phi) is 5.19. The SMILES string of the molecule is CC1(C)[C@H](C(=O)OCc2coc(Cc3ccccc3)c2)[C@@H]1/C=C1/CCSC1=O. The van der Waals surface area contributed by atoms with E-state index in [1.165, 1.54) is 17.3 Å². The fraction of sp³-hybridized carbons (Fsp3) is 0.391. The topological polar surface area (TPSA) is 56.5 Å². The van der Waals surface area contributed by atoms with Crippen molar-refractivity contribution in [2.75, 3.05) is 5.75 Å². The highest BCUT2D eigenvalue weighted by molar-refractivity contribution is 8.14. The largest absolute Gasteiger partial charge is 0.469 e. The van der Waals surface area contributed by atoms with Crippen molar-refractivity contribution < 1.29 is 18.7 Å². The third-order valence-corrected chi connectivity index (χ3v) is 6.66. The van der Waals surface area contributed by atoms with Gasteiger partial charge in [-0.05, 0) is 29.4 Å². The summed E-state index contributed by atoms with van der Waals surface area (Å²) < 4.78 is 11.2. The first-order valence-corrected chi connectivity index (χ1v) is 10.6. The van der Waals surface area contributed by atoms with Crippen molar-refractivity contribution in [3.8, 4) is 0 Å². The number of thioether (sulfide) groups is 1. The minimum absolute atomic E-state index is 0.0793. The maximum Gasteiger partial charge on any atom is 0.310 e. The lowest BCUT2D eigenvalue weighted by atomic mass is 10.1. The molecular formula is C23H24O4S. The van der Waals surface area contributed by atoms with Gasteiger partial charge in [0.1, 0.15) is 12.4 Å². The van der Waals surface area contributed by atoms with Crippen molar-refractivity contribution in [2.24, 2.45) is 17.3 Å². The molecule has 0 unspecified atom stereocenters. The van der Waals surface area contributed by atoms with Crippen molar-refractivity contribution in [1.82, 2.24) is 0 Å². The van der Waals surface area contributed by atoms with E-state index in [-0.39, 0.29) is 34.9 Å². The molecule has 5 heteroatoms. The van der Waals surface area contributed by atoms with Gasteiger partial charge in [0, 0.05) is 23.3 Å². The molecule has 2 aromatic rings. The second-order valence-electron chi connectivity index (χ2n) is 8.09. The predicted octanol–water partition coefficient (Wildman–Crippen LogP) is 4.78. The van der Waals surface area contributed by atoms with Gasteiger partial charge < -0.3 is 9.15 Å². The number of rotatable bonds is 6. The van der Waals surface area contributed by atoms with Gasteiger partial charge in [-0.25, -0.2) is 0 Å². The Balaban J connectivity index is 1.33. The minimum Gasteiger partial charge on any atom is -0.469 e. The molecule has 4 rings (SSSR count). The molecule has 1 aliphatic carbocycles. The van der Waals surface area contributed by atoms with Gasteiger partial charge in [-0.2, -0.15) is 0 Å². The van der Waals surface area contributed by atoms with Gasteiger partial charge in [0.05, 0.1) is 12.2 Å². The summed E-state index contributed by atoms with van der Waals surface area (Å²) in [5.41, 5.74) is 2.73. The van der Waals surface area contributed by atoms with Crippen LogP contribution in [0.4, 0.5) is 0 Å². The van der Waals surface area contributed by atoms with Gasteiger partial charge in [-0.15, -0.1) is 0 Å². The van der Waals surface area contributed by atoms with Crippen LogP contribution in [0.15, 0.2) is 58.7 Å². The number of carbonyl (C=O) groups is 2. The van der Waals surface area contributed by atoms with Crippen LogP contribution in [-0.2, 0) is 27.4 Å². The van der Waals surface area contributed by atoms with Crippen LogP contribution < -0.4 is 0 Å².